The van der Waals surface area contributed by atoms with Crippen molar-refractivity contribution >= 4 is 45.7 Å². The van der Waals surface area contributed by atoms with Gasteiger partial charge in [0.2, 0.25) is 0 Å². The molecule has 4 heteroatoms. The number of fused-ring (bicyclic) bond motifs is 1. The van der Waals surface area contributed by atoms with Gasteiger partial charge in [0.25, 0.3) is 0 Å². The van der Waals surface area contributed by atoms with Gasteiger partial charge >= 0.3 is 5.97 Å². The summed E-state index contributed by atoms with van der Waals surface area (Å²) in [5.41, 5.74) is 8.82. The molecule has 0 bridgehead atoms. The van der Waals surface area contributed by atoms with Crippen molar-refractivity contribution in [1.29, 1.82) is 0 Å². The van der Waals surface area contributed by atoms with Gasteiger partial charge in [0.15, 0.2) is 0 Å². The van der Waals surface area contributed by atoms with Gasteiger partial charge in [0, 0.05) is 33.3 Å². The monoisotopic (exact) mass is 469 g/mol. The second-order valence-corrected chi connectivity index (χ2v) is 8.56. The van der Waals surface area contributed by atoms with Crippen LogP contribution in [0.3, 0.4) is 0 Å². The Hall–Kier alpha value is -3.56. The lowest BCUT2D eigenvalue weighted by Gasteiger charge is -2.16. The van der Waals surface area contributed by atoms with E-state index in [1.807, 2.05) is 31.2 Å². The van der Waals surface area contributed by atoms with E-state index >= 15 is 0 Å². The summed E-state index contributed by atoms with van der Waals surface area (Å²) in [6.07, 6.45) is 4.09. The van der Waals surface area contributed by atoms with Gasteiger partial charge in [-0.3, -0.25) is 0 Å². The molecule has 0 spiro atoms. The van der Waals surface area contributed by atoms with Crippen molar-refractivity contribution in [2.75, 3.05) is 6.61 Å². The molecule has 0 radical (unpaired) electrons. The molecule has 1 N–H and O–H groups in total. The van der Waals surface area contributed by atoms with Crippen LogP contribution in [0.5, 0.6) is 0 Å². The van der Waals surface area contributed by atoms with Crippen LogP contribution < -0.4 is 0 Å². The number of H-pyrrole nitrogens is 1. The number of halogens is 1. The molecule has 1 aromatic heterocycles. The van der Waals surface area contributed by atoms with Crippen molar-refractivity contribution in [3.63, 3.8) is 0 Å². The number of aryl methyl sites for hydroxylation is 1. The zero-order valence-electron chi connectivity index (χ0n) is 19.7. The molecule has 3 nitrogen and oxygen atoms in total. The number of aromatic nitrogens is 1. The highest BCUT2D eigenvalue weighted by Crippen LogP contribution is 2.36. The topological polar surface area (TPSA) is 42.1 Å². The largest absolute Gasteiger partial charge is 0.463 e. The number of rotatable bonds is 7. The Morgan fingerprint density at radius 1 is 0.971 bits per heavy atom. The molecule has 3 aromatic carbocycles. The van der Waals surface area contributed by atoms with Crippen LogP contribution in [0.25, 0.3) is 28.1 Å². The van der Waals surface area contributed by atoms with E-state index in [4.69, 9.17) is 16.3 Å². The molecule has 4 rings (SSSR count). The fourth-order valence-corrected chi connectivity index (χ4v) is 4.29. The van der Waals surface area contributed by atoms with Crippen molar-refractivity contribution < 1.29 is 9.53 Å². The van der Waals surface area contributed by atoms with Gasteiger partial charge in [0.1, 0.15) is 0 Å². The lowest BCUT2D eigenvalue weighted by Crippen LogP contribution is -1.98. The van der Waals surface area contributed by atoms with E-state index in [2.05, 4.69) is 60.4 Å². The molecule has 0 atom stereocenters. The maximum atomic E-state index is 11.7. The van der Waals surface area contributed by atoms with E-state index in [0.717, 1.165) is 50.5 Å². The Morgan fingerprint density at radius 3 is 2.38 bits per heavy atom. The Morgan fingerprint density at radius 2 is 1.71 bits per heavy atom. The third-order valence-corrected chi connectivity index (χ3v) is 6.28. The molecule has 0 saturated carbocycles. The molecule has 34 heavy (non-hydrogen) atoms. The van der Waals surface area contributed by atoms with E-state index in [1.165, 1.54) is 17.0 Å². The fourth-order valence-electron chi connectivity index (χ4n) is 4.17. The summed E-state index contributed by atoms with van der Waals surface area (Å²) < 4.78 is 4.98. The van der Waals surface area contributed by atoms with Gasteiger partial charge < -0.3 is 9.72 Å². The summed E-state index contributed by atoms with van der Waals surface area (Å²) >= 11 is 6.32. The Labute approximate surface area is 205 Å². The summed E-state index contributed by atoms with van der Waals surface area (Å²) in [7, 11) is 0. The second-order valence-electron chi connectivity index (χ2n) is 8.15. The van der Waals surface area contributed by atoms with Gasteiger partial charge in [-0.15, -0.1) is 0 Å². The quantitative estimate of drug-likeness (QED) is 0.169. The predicted octanol–water partition coefficient (Wildman–Crippen LogP) is 8.08. The van der Waals surface area contributed by atoms with Crippen molar-refractivity contribution in [3.8, 4) is 0 Å². The van der Waals surface area contributed by atoms with Crippen molar-refractivity contribution in [2.24, 2.45) is 0 Å². The number of ether oxygens (including phenoxy) is 1. The number of hydrogen-bond donors (Lipinski definition) is 1. The molecule has 172 valence electrons. The first-order valence-corrected chi connectivity index (χ1v) is 11.9. The van der Waals surface area contributed by atoms with Crippen LogP contribution in [-0.4, -0.2) is 17.6 Å². The van der Waals surface area contributed by atoms with Gasteiger partial charge in [-0.2, -0.15) is 0 Å². The molecule has 0 saturated heterocycles. The zero-order valence-corrected chi connectivity index (χ0v) is 20.4. The minimum absolute atomic E-state index is 0.336. The highest BCUT2D eigenvalue weighted by molar-refractivity contribution is 6.31. The number of benzene rings is 3. The van der Waals surface area contributed by atoms with Crippen molar-refractivity contribution in [2.45, 2.75) is 27.2 Å². The Balaban J connectivity index is 1.84. The number of allylic oxidation sites excluding steroid dienone is 1. The third-order valence-electron chi connectivity index (χ3n) is 5.86. The van der Waals surface area contributed by atoms with Gasteiger partial charge in [-0.1, -0.05) is 73.1 Å². The standard InChI is InChI=1S/C30H28ClNO2/c1-4-25(23-15-16-26(31)20(3)18-23)30(28-19-24-8-6-7-9-27(24)32-28)22-13-10-21(11-14-22)12-17-29(33)34-5-2/h6-19,32H,4-5H2,1-3H3/b17-12+,30-25+. The maximum Gasteiger partial charge on any atom is 0.330 e. The summed E-state index contributed by atoms with van der Waals surface area (Å²) in [6.45, 7) is 6.38. The third kappa shape index (κ3) is 5.16. The molecule has 0 aliphatic rings. The highest BCUT2D eigenvalue weighted by atomic mass is 35.5. The first kappa shape index (κ1) is 23.6. The minimum atomic E-state index is -0.336. The minimum Gasteiger partial charge on any atom is -0.463 e. The van der Waals surface area contributed by atoms with E-state index in [0.29, 0.717) is 6.61 Å². The number of carbonyl (C=O) groups is 1. The van der Waals surface area contributed by atoms with Gasteiger partial charge in [0.05, 0.1) is 6.61 Å². The average molecular weight is 470 g/mol. The number of nitrogens with one attached hydrogen (secondary N) is 1. The highest BCUT2D eigenvalue weighted by Gasteiger charge is 2.16. The average Bonchev–Trinajstić information content (AvgIpc) is 3.27. The van der Waals surface area contributed by atoms with Crippen LogP contribution in [-0.2, 0) is 9.53 Å². The molecule has 0 aliphatic heterocycles. The first-order chi connectivity index (χ1) is 16.5. The number of aromatic amines is 1. The number of carbonyl (C=O) groups excluding carboxylic acids is 1. The van der Waals surface area contributed by atoms with E-state index < -0.39 is 0 Å². The maximum absolute atomic E-state index is 11.7. The fraction of sp³-hybridized carbons (Fsp3) is 0.167. The van der Waals surface area contributed by atoms with Crippen LogP contribution in [0.1, 0.15) is 48.2 Å². The van der Waals surface area contributed by atoms with Crippen molar-refractivity contribution in [1.82, 2.24) is 4.98 Å². The Kier molecular flexibility index (Phi) is 7.34. The van der Waals surface area contributed by atoms with Crippen LogP contribution in [0, 0.1) is 6.92 Å². The van der Waals surface area contributed by atoms with Crippen LogP contribution in [0.15, 0.2) is 78.9 Å². The van der Waals surface area contributed by atoms with E-state index in [1.54, 1.807) is 13.0 Å². The van der Waals surface area contributed by atoms with Crippen LogP contribution in [0.2, 0.25) is 5.02 Å². The predicted molar refractivity (Wildman–Crippen MR) is 143 cm³/mol. The lowest BCUT2D eigenvalue weighted by atomic mass is 9.90. The molecule has 0 aliphatic carbocycles. The number of esters is 1. The summed E-state index contributed by atoms with van der Waals surface area (Å²) in [6, 6.07) is 25.0. The molecule has 4 aromatic rings. The molecule has 0 amide bonds. The SMILES string of the molecule is CCOC(=O)/C=C/c1ccc(/C(=C(/CC)c2ccc(Cl)c(C)c2)c2cc3ccccc3[nH]2)cc1. The van der Waals surface area contributed by atoms with E-state index in [9.17, 15) is 4.79 Å². The normalized spacial score (nSPS) is 12.2. The first-order valence-electron chi connectivity index (χ1n) is 11.5. The molecule has 0 fully saturated rings. The summed E-state index contributed by atoms with van der Waals surface area (Å²) in [5.74, 6) is -0.336. The smallest absolute Gasteiger partial charge is 0.330 e. The summed E-state index contributed by atoms with van der Waals surface area (Å²) in [5, 5.41) is 1.94. The number of para-hydroxylation sites is 1. The number of hydrogen-bond acceptors (Lipinski definition) is 2. The van der Waals surface area contributed by atoms with Crippen LogP contribution >= 0.6 is 11.6 Å². The molecular weight excluding hydrogens is 442 g/mol. The second kappa shape index (κ2) is 10.6. The molecule has 1 heterocycles. The van der Waals surface area contributed by atoms with E-state index in [-0.39, 0.29) is 5.97 Å². The Bertz CT molecular complexity index is 1340. The zero-order chi connectivity index (χ0) is 24.1. The van der Waals surface area contributed by atoms with Crippen molar-refractivity contribution in [3.05, 3.63) is 112 Å². The molecular formula is C30H28ClNO2. The summed E-state index contributed by atoms with van der Waals surface area (Å²) in [4.78, 5) is 15.3. The lowest BCUT2D eigenvalue weighted by molar-refractivity contribution is -0.137. The molecule has 0 unspecified atom stereocenters. The van der Waals surface area contributed by atoms with Gasteiger partial charge in [-0.25, -0.2) is 4.79 Å². The van der Waals surface area contributed by atoms with Crippen LogP contribution in [0.4, 0.5) is 0 Å². The van der Waals surface area contributed by atoms with Gasteiger partial charge in [-0.05, 0) is 72.4 Å².